The summed E-state index contributed by atoms with van der Waals surface area (Å²) in [6.45, 7) is 17.2. The molecule has 2 aromatic carbocycles. The highest BCUT2D eigenvalue weighted by atomic mass is 16.5. The number of H-pyrrole nitrogens is 1. The number of piperazine rings is 1. The maximum atomic E-state index is 13.0. The highest BCUT2D eigenvalue weighted by molar-refractivity contribution is 6.05. The Bertz CT molecular complexity index is 2620. The monoisotopic (exact) mass is 850 g/mol. The fourth-order valence-corrected chi connectivity index (χ4v) is 8.85. The largest absolute Gasteiger partial charge is 0.372 e. The number of aromatic amines is 1. The number of hydrogen-bond acceptors (Lipinski definition) is 12. The van der Waals surface area contributed by atoms with Crippen LogP contribution in [-0.2, 0) is 10.2 Å². The van der Waals surface area contributed by atoms with E-state index in [1.807, 2.05) is 65.1 Å². The molecule has 9 rings (SSSR count). The zero-order valence-corrected chi connectivity index (χ0v) is 36.5. The van der Waals surface area contributed by atoms with Gasteiger partial charge in [-0.15, -0.1) is 0 Å². The lowest BCUT2D eigenvalue weighted by Gasteiger charge is -2.39. The molecule has 3 aliphatic rings. The maximum Gasteiger partial charge on any atom is 0.328 e. The van der Waals surface area contributed by atoms with E-state index >= 15 is 0 Å². The molecule has 3 fully saturated rings. The standard InChI is InChI=1S/C47H54N12O4/c1-29-24-33(8-12-37(29)30(2)50-44(61)43-52-45(63-55-43)47(3,4)5)41-38-25-34(26-49-42(38)54-53-41)32-6-9-35(10-7-32)57-17-14-31(15-18-57)28-56-20-22-58(23-21-56)39-13-11-36(27-48-39)59-19-16-40(60)51-46(59)62/h6-13,24-27,30-31H,14-23,28H2,1-5H3,(H,50,61)(H,49,53,54)(H,51,60,62)/t30-/m1/s1. The minimum absolute atomic E-state index is 0.0226. The normalized spacial score (nSPS) is 17.3. The van der Waals surface area contributed by atoms with Gasteiger partial charge in [-0.2, -0.15) is 10.1 Å². The maximum absolute atomic E-state index is 13.0. The summed E-state index contributed by atoms with van der Waals surface area (Å²) in [5.74, 6) is 1.40. The van der Waals surface area contributed by atoms with Gasteiger partial charge in [0, 0.05) is 92.6 Å². The number of anilines is 3. The van der Waals surface area contributed by atoms with Crippen molar-refractivity contribution in [2.45, 2.75) is 65.3 Å². The van der Waals surface area contributed by atoms with Crippen molar-refractivity contribution < 1.29 is 18.9 Å². The van der Waals surface area contributed by atoms with Crippen molar-refractivity contribution in [3.8, 4) is 22.4 Å². The van der Waals surface area contributed by atoms with Gasteiger partial charge in [0.25, 0.3) is 11.7 Å². The van der Waals surface area contributed by atoms with Crippen molar-refractivity contribution in [1.82, 2.24) is 45.8 Å². The second-order valence-corrected chi connectivity index (χ2v) is 18.0. The lowest BCUT2D eigenvalue weighted by atomic mass is 9.95. The van der Waals surface area contributed by atoms with Gasteiger partial charge in [-0.1, -0.05) is 50.2 Å². The first kappa shape index (κ1) is 41.7. The van der Waals surface area contributed by atoms with E-state index in [1.54, 1.807) is 11.1 Å². The molecule has 1 atom stereocenters. The van der Waals surface area contributed by atoms with E-state index in [0.717, 1.165) is 109 Å². The SMILES string of the molecule is Cc1cc(-c2n[nH]c3ncc(-c4ccc(N5CCC(CN6CCN(c7ccc(N8CCC(=O)NC8=O)cn7)CC6)CC5)cc4)cc23)ccc1[C@@H](C)NC(=O)c1noc(C(C)(C)C)n1. The van der Waals surface area contributed by atoms with Crippen LogP contribution in [0.1, 0.15) is 80.6 Å². The summed E-state index contributed by atoms with van der Waals surface area (Å²) in [6, 6.07) is 20.3. The van der Waals surface area contributed by atoms with Gasteiger partial charge in [0.2, 0.25) is 11.8 Å². The molecule has 6 aromatic rings. The Morgan fingerprint density at radius 3 is 2.29 bits per heavy atom. The van der Waals surface area contributed by atoms with E-state index in [2.05, 4.69) is 87.1 Å². The number of piperidine rings is 1. The molecule has 3 N–H and O–H groups in total. The van der Waals surface area contributed by atoms with E-state index < -0.39 is 6.03 Å². The summed E-state index contributed by atoms with van der Waals surface area (Å²) in [4.78, 5) is 59.3. The van der Waals surface area contributed by atoms with Crippen molar-refractivity contribution in [3.63, 3.8) is 0 Å². The average Bonchev–Trinajstić information content (AvgIpc) is 3.96. The Labute approximate surface area is 366 Å². The molecule has 0 bridgehead atoms. The van der Waals surface area contributed by atoms with Gasteiger partial charge >= 0.3 is 6.03 Å². The number of rotatable bonds is 10. The van der Waals surface area contributed by atoms with Gasteiger partial charge in [0.05, 0.1) is 17.9 Å². The highest BCUT2D eigenvalue weighted by Crippen LogP contribution is 2.33. The molecule has 0 saturated carbocycles. The second-order valence-electron chi connectivity index (χ2n) is 18.0. The topological polar surface area (TPSA) is 182 Å². The van der Waals surface area contributed by atoms with Crippen LogP contribution in [-0.4, -0.2) is 105 Å². The number of carbonyl (C=O) groups excluding carboxylic acids is 3. The van der Waals surface area contributed by atoms with Gasteiger partial charge in [-0.3, -0.25) is 29.8 Å². The number of aromatic nitrogens is 6. The zero-order chi connectivity index (χ0) is 43.8. The van der Waals surface area contributed by atoms with E-state index in [1.165, 1.54) is 5.69 Å². The van der Waals surface area contributed by atoms with Gasteiger partial charge in [0.1, 0.15) is 11.5 Å². The Morgan fingerprint density at radius 1 is 0.857 bits per heavy atom. The zero-order valence-electron chi connectivity index (χ0n) is 36.5. The Hall–Kier alpha value is -6.68. The third kappa shape index (κ3) is 8.98. The molecule has 16 heteroatoms. The third-order valence-corrected chi connectivity index (χ3v) is 12.5. The number of benzene rings is 2. The fourth-order valence-electron chi connectivity index (χ4n) is 8.85. The Balaban J connectivity index is 0.767. The molecular weight excluding hydrogens is 797 g/mol. The molecule has 0 unspecified atom stereocenters. The number of nitrogens with zero attached hydrogens (tertiary/aromatic N) is 9. The molecule has 0 aliphatic carbocycles. The summed E-state index contributed by atoms with van der Waals surface area (Å²) < 4.78 is 5.32. The molecule has 0 spiro atoms. The van der Waals surface area contributed by atoms with Crippen LogP contribution in [0.15, 0.2) is 77.6 Å². The van der Waals surface area contributed by atoms with Crippen LogP contribution in [0.25, 0.3) is 33.4 Å². The van der Waals surface area contributed by atoms with E-state index in [9.17, 15) is 14.4 Å². The molecule has 3 saturated heterocycles. The summed E-state index contributed by atoms with van der Waals surface area (Å²) in [5.41, 5.74) is 8.22. The molecule has 16 nitrogen and oxygen atoms in total. The third-order valence-electron chi connectivity index (χ3n) is 12.5. The summed E-state index contributed by atoms with van der Waals surface area (Å²) in [7, 11) is 0. The molecule has 326 valence electrons. The molecular formula is C47H54N12O4. The first-order valence-electron chi connectivity index (χ1n) is 21.9. The number of aryl methyl sites for hydroxylation is 1. The number of carbonyl (C=O) groups is 3. The minimum Gasteiger partial charge on any atom is -0.372 e. The van der Waals surface area contributed by atoms with Crippen molar-refractivity contribution in [2.24, 2.45) is 5.92 Å². The number of amides is 4. The summed E-state index contributed by atoms with van der Waals surface area (Å²) in [6.07, 6.45) is 6.24. The van der Waals surface area contributed by atoms with Crippen LogP contribution in [0.5, 0.6) is 0 Å². The van der Waals surface area contributed by atoms with Crippen LogP contribution < -0.4 is 25.3 Å². The number of urea groups is 1. The number of nitrogens with one attached hydrogen (secondary N) is 3. The first-order chi connectivity index (χ1) is 30.4. The lowest BCUT2D eigenvalue weighted by molar-refractivity contribution is -0.120. The molecule has 4 amide bonds. The van der Waals surface area contributed by atoms with Gasteiger partial charge < -0.3 is 19.6 Å². The molecule has 7 heterocycles. The van der Waals surface area contributed by atoms with E-state index in [4.69, 9.17) is 9.51 Å². The smallest absolute Gasteiger partial charge is 0.328 e. The highest BCUT2D eigenvalue weighted by Gasteiger charge is 2.28. The number of pyridine rings is 2. The van der Waals surface area contributed by atoms with Crippen molar-refractivity contribution in [2.75, 3.05) is 67.1 Å². The van der Waals surface area contributed by atoms with Gasteiger partial charge in [0.15, 0.2) is 5.65 Å². The predicted molar refractivity (Wildman–Crippen MR) is 242 cm³/mol. The summed E-state index contributed by atoms with van der Waals surface area (Å²) >= 11 is 0. The Morgan fingerprint density at radius 2 is 1.60 bits per heavy atom. The number of fused-ring (bicyclic) bond motifs is 1. The fraction of sp³-hybridized carbons (Fsp3) is 0.404. The van der Waals surface area contributed by atoms with Crippen LogP contribution in [0.4, 0.5) is 22.0 Å². The average molecular weight is 851 g/mol. The van der Waals surface area contributed by atoms with Crippen LogP contribution in [0.3, 0.4) is 0 Å². The van der Waals surface area contributed by atoms with Gasteiger partial charge in [-0.05, 0) is 85.7 Å². The van der Waals surface area contributed by atoms with Crippen LogP contribution in [0.2, 0.25) is 0 Å². The molecule has 0 radical (unpaired) electrons. The van der Waals surface area contributed by atoms with Crippen molar-refractivity contribution >= 4 is 46.1 Å². The quantitative estimate of drug-likeness (QED) is 0.134. The summed E-state index contributed by atoms with van der Waals surface area (Å²) in [5, 5.41) is 18.0. The minimum atomic E-state index is -0.392. The molecule has 4 aromatic heterocycles. The van der Waals surface area contributed by atoms with Crippen LogP contribution >= 0.6 is 0 Å². The molecule has 63 heavy (non-hydrogen) atoms. The number of hydrogen-bond donors (Lipinski definition) is 3. The van der Waals surface area contributed by atoms with Crippen LogP contribution in [0, 0.1) is 12.8 Å². The van der Waals surface area contributed by atoms with E-state index in [-0.39, 0.29) is 29.1 Å². The van der Waals surface area contributed by atoms with Crippen molar-refractivity contribution in [3.05, 3.63) is 95.9 Å². The van der Waals surface area contributed by atoms with E-state index in [0.29, 0.717) is 30.5 Å². The van der Waals surface area contributed by atoms with Crippen molar-refractivity contribution in [1.29, 1.82) is 0 Å². The lowest BCUT2D eigenvalue weighted by Crippen LogP contribution is -2.50. The second kappa shape index (κ2) is 17.2. The van der Waals surface area contributed by atoms with Gasteiger partial charge in [-0.25, -0.2) is 14.8 Å². The number of imide groups is 1. The Kier molecular flexibility index (Phi) is 11.4. The first-order valence-corrected chi connectivity index (χ1v) is 21.9. The molecule has 3 aliphatic heterocycles. The predicted octanol–water partition coefficient (Wildman–Crippen LogP) is 6.65.